The summed E-state index contributed by atoms with van der Waals surface area (Å²) < 4.78 is 0. The Kier molecular flexibility index (Phi) is 3.73. The molecule has 0 aromatic heterocycles. The maximum absolute atomic E-state index is 10.7. The third-order valence-electron chi connectivity index (χ3n) is 2.00. The van der Waals surface area contributed by atoms with Crippen molar-refractivity contribution < 1.29 is 14.7 Å². The number of carboxylic acids is 1. The van der Waals surface area contributed by atoms with E-state index in [1.165, 1.54) is 18.2 Å². The number of primary amides is 1. The summed E-state index contributed by atoms with van der Waals surface area (Å²) in [4.78, 5) is 22.9. The van der Waals surface area contributed by atoms with Crippen molar-refractivity contribution in [3.8, 4) is 0 Å². The maximum atomic E-state index is 10.7. The zero-order chi connectivity index (χ0) is 12.3. The van der Waals surface area contributed by atoms with E-state index in [1.807, 2.05) is 0 Å². The predicted octanol–water partition coefficient (Wildman–Crippen LogP) is 0.960. The summed E-state index contributed by atoms with van der Waals surface area (Å²) in [5.41, 5.74) is 5.70. The Morgan fingerprint density at radius 2 is 2.12 bits per heavy atom. The van der Waals surface area contributed by atoms with E-state index in [9.17, 15) is 9.59 Å². The second-order valence-electron chi connectivity index (χ2n) is 3.29. The number of carbonyl (C=O) groups is 2. The maximum Gasteiger partial charge on any atom is 0.335 e. The summed E-state index contributed by atoms with van der Waals surface area (Å²) >= 11 is 5.89. The number of carbonyl (C=O) groups excluding carboxylic acids is 1. The number of nitrogens with two attached hydrogens (primary N) is 1. The molecule has 0 aliphatic heterocycles. The second kappa shape index (κ2) is 4.85. The number of likely N-dealkylation sites (N-methyl/N-ethyl adjacent to an activating group) is 1. The first-order chi connectivity index (χ1) is 7.41. The smallest absolute Gasteiger partial charge is 0.335 e. The highest BCUT2D eigenvalue weighted by atomic mass is 35.5. The van der Waals surface area contributed by atoms with Crippen LogP contribution in [0.2, 0.25) is 5.02 Å². The lowest BCUT2D eigenvalue weighted by Gasteiger charge is -2.18. The van der Waals surface area contributed by atoms with Gasteiger partial charge in [0.2, 0.25) is 5.91 Å². The van der Waals surface area contributed by atoms with Crippen molar-refractivity contribution in [2.24, 2.45) is 5.73 Å². The number of halogens is 1. The van der Waals surface area contributed by atoms with Crippen LogP contribution in [-0.2, 0) is 4.79 Å². The van der Waals surface area contributed by atoms with Crippen molar-refractivity contribution in [3.05, 3.63) is 28.8 Å². The van der Waals surface area contributed by atoms with E-state index in [0.717, 1.165) is 0 Å². The van der Waals surface area contributed by atoms with Crippen LogP contribution in [0.15, 0.2) is 18.2 Å². The summed E-state index contributed by atoms with van der Waals surface area (Å²) in [5, 5.41) is 9.01. The molecule has 0 saturated heterocycles. The molecular formula is C10H11ClN2O3. The zero-order valence-corrected chi connectivity index (χ0v) is 9.36. The van der Waals surface area contributed by atoms with Gasteiger partial charge >= 0.3 is 5.97 Å². The Morgan fingerprint density at radius 1 is 1.50 bits per heavy atom. The molecule has 5 nitrogen and oxygen atoms in total. The molecule has 0 bridgehead atoms. The van der Waals surface area contributed by atoms with Crippen molar-refractivity contribution in [2.45, 2.75) is 0 Å². The van der Waals surface area contributed by atoms with Gasteiger partial charge in [-0.3, -0.25) is 4.79 Å². The third-order valence-corrected chi connectivity index (χ3v) is 2.30. The topological polar surface area (TPSA) is 83.6 Å². The van der Waals surface area contributed by atoms with Gasteiger partial charge in [0.1, 0.15) is 0 Å². The molecule has 3 N–H and O–H groups in total. The fourth-order valence-corrected chi connectivity index (χ4v) is 1.59. The van der Waals surface area contributed by atoms with E-state index in [-0.39, 0.29) is 17.1 Å². The first-order valence-electron chi connectivity index (χ1n) is 4.44. The van der Waals surface area contributed by atoms with Crippen molar-refractivity contribution >= 4 is 29.2 Å². The Hall–Kier alpha value is -1.75. The minimum absolute atomic E-state index is 0.0200. The largest absolute Gasteiger partial charge is 0.478 e. The van der Waals surface area contributed by atoms with Crippen LogP contribution in [0.3, 0.4) is 0 Å². The molecule has 0 unspecified atom stereocenters. The zero-order valence-electron chi connectivity index (χ0n) is 8.61. The van der Waals surface area contributed by atoms with Gasteiger partial charge in [0, 0.05) is 7.05 Å². The molecule has 0 saturated carbocycles. The highest BCUT2D eigenvalue weighted by Gasteiger charge is 2.11. The van der Waals surface area contributed by atoms with Crippen LogP contribution in [0.25, 0.3) is 0 Å². The monoisotopic (exact) mass is 242 g/mol. The SMILES string of the molecule is CN(CC(N)=O)c1ccc(C(=O)O)cc1Cl. The van der Waals surface area contributed by atoms with Crippen molar-refractivity contribution in [1.82, 2.24) is 0 Å². The average molecular weight is 243 g/mol. The normalized spacial score (nSPS) is 9.88. The molecule has 1 amide bonds. The molecule has 1 aromatic carbocycles. The number of hydrogen-bond donors (Lipinski definition) is 2. The van der Waals surface area contributed by atoms with Crippen LogP contribution in [0, 0.1) is 0 Å². The van der Waals surface area contributed by atoms with E-state index in [0.29, 0.717) is 5.69 Å². The molecule has 0 spiro atoms. The first-order valence-corrected chi connectivity index (χ1v) is 4.82. The fourth-order valence-electron chi connectivity index (χ4n) is 1.27. The van der Waals surface area contributed by atoms with E-state index in [2.05, 4.69) is 0 Å². The molecule has 1 aromatic rings. The van der Waals surface area contributed by atoms with Crippen molar-refractivity contribution in [1.29, 1.82) is 0 Å². The average Bonchev–Trinajstić information content (AvgIpc) is 2.15. The van der Waals surface area contributed by atoms with Gasteiger partial charge in [0.25, 0.3) is 0 Å². The van der Waals surface area contributed by atoms with Gasteiger partial charge in [-0.2, -0.15) is 0 Å². The van der Waals surface area contributed by atoms with Crippen LogP contribution < -0.4 is 10.6 Å². The van der Waals surface area contributed by atoms with Crippen LogP contribution in [0.4, 0.5) is 5.69 Å². The Bertz CT molecular complexity index is 434. The standard InChI is InChI=1S/C10H11ClN2O3/c1-13(5-9(12)14)8-3-2-6(10(15)16)4-7(8)11/h2-4H,5H2,1H3,(H2,12,14)(H,15,16). The molecule has 0 fully saturated rings. The highest BCUT2D eigenvalue weighted by molar-refractivity contribution is 6.33. The molecule has 0 aliphatic carbocycles. The van der Waals surface area contributed by atoms with Gasteiger partial charge in [-0.1, -0.05) is 11.6 Å². The molecule has 86 valence electrons. The number of anilines is 1. The van der Waals surface area contributed by atoms with Crippen LogP contribution in [-0.4, -0.2) is 30.6 Å². The number of carboxylic acid groups (broad SMARTS) is 1. The van der Waals surface area contributed by atoms with Crippen LogP contribution >= 0.6 is 11.6 Å². The molecule has 0 radical (unpaired) electrons. The molecule has 0 heterocycles. The van der Waals surface area contributed by atoms with E-state index >= 15 is 0 Å². The third kappa shape index (κ3) is 2.87. The lowest BCUT2D eigenvalue weighted by Crippen LogP contribution is -2.30. The number of aromatic carboxylic acids is 1. The number of hydrogen-bond acceptors (Lipinski definition) is 3. The Labute approximate surface area is 97.4 Å². The minimum atomic E-state index is -1.05. The summed E-state index contributed by atoms with van der Waals surface area (Å²) in [6.45, 7) is 0.0200. The van der Waals surface area contributed by atoms with Crippen LogP contribution in [0.1, 0.15) is 10.4 Å². The molecule has 16 heavy (non-hydrogen) atoms. The fraction of sp³-hybridized carbons (Fsp3) is 0.200. The quantitative estimate of drug-likeness (QED) is 0.824. The van der Waals surface area contributed by atoms with Gasteiger partial charge < -0.3 is 15.7 Å². The van der Waals surface area contributed by atoms with Crippen molar-refractivity contribution in [2.75, 3.05) is 18.5 Å². The first kappa shape index (κ1) is 12.3. The minimum Gasteiger partial charge on any atom is -0.478 e. The number of amides is 1. The summed E-state index contributed by atoms with van der Waals surface area (Å²) in [6, 6.07) is 4.28. The van der Waals surface area contributed by atoms with E-state index < -0.39 is 11.9 Å². The summed E-state index contributed by atoms with van der Waals surface area (Å²) in [6.07, 6.45) is 0. The number of nitrogens with zero attached hydrogens (tertiary/aromatic N) is 1. The molecule has 6 heteroatoms. The highest BCUT2D eigenvalue weighted by Crippen LogP contribution is 2.25. The van der Waals surface area contributed by atoms with E-state index in [4.69, 9.17) is 22.4 Å². The lowest BCUT2D eigenvalue weighted by molar-refractivity contribution is -0.116. The van der Waals surface area contributed by atoms with E-state index in [1.54, 1.807) is 11.9 Å². The van der Waals surface area contributed by atoms with Gasteiger partial charge in [0.15, 0.2) is 0 Å². The molecule has 1 rings (SSSR count). The van der Waals surface area contributed by atoms with Gasteiger partial charge in [-0.05, 0) is 18.2 Å². The molecule has 0 atom stereocenters. The second-order valence-corrected chi connectivity index (χ2v) is 3.70. The van der Waals surface area contributed by atoms with Crippen molar-refractivity contribution in [3.63, 3.8) is 0 Å². The van der Waals surface area contributed by atoms with Gasteiger partial charge in [-0.15, -0.1) is 0 Å². The summed E-state index contributed by atoms with van der Waals surface area (Å²) in [5.74, 6) is -1.54. The summed E-state index contributed by atoms with van der Waals surface area (Å²) in [7, 11) is 1.65. The number of rotatable bonds is 4. The molecular weight excluding hydrogens is 232 g/mol. The lowest BCUT2D eigenvalue weighted by atomic mass is 10.2. The van der Waals surface area contributed by atoms with Gasteiger partial charge in [-0.25, -0.2) is 4.79 Å². The molecule has 0 aliphatic rings. The Balaban J connectivity index is 2.98. The van der Waals surface area contributed by atoms with Crippen LogP contribution in [0.5, 0.6) is 0 Å². The predicted molar refractivity (Wildman–Crippen MR) is 60.9 cm³/mol. The van der Waals surface area contributed by atoms with Gasteiger partial charge in [0.05, 0.1) is 22.8 Å². The number of benzene rings is 1. The Morgan fingerprint density at radius 3 is 2.56 bits per heavy atom.